The van der Waals surface area contributed by atoms with Gasteiger partial charge in [-0.2, -0.15) is 0 Å². The Morgan fingerprint density at radius 1 is 0.969 bits per heavy atom. The Hall–Kier alpha value is -3.12. The highest BCUT2D eigenvalue weighted by atomic mass is 19.1. The molecule has 3 aliphatic rings. The van der Waals surface area contributed by atoms with Crippen molar-refractivity contribution in [1.29, 1.82) is 0 Å². The van der Waals surface area contributed by atoms with Crippen LogP contribution in [0.1, 0.15) is 67.1 Å². The smallest absolute Gasteiger partial charge is 0.199 e. The molecule has 6 heteroatoms. The highest BCUT2D eigenvalue weighted by Gasteiger charge is 2.46. The molecular formula is C26H26FN3O2. The van der Waals surface area contributed by atoms with Gasteiger partial charge in [-0.1, -0.05) is 30.7 Å². The fourth-order valence-electron chi connectivity index (χ4n) is 5.40. The van der Waals surface area contributed by atoms with Gasteiger partial charge in [0, 0.05) is 35.0 Å². The van der Waals surface area contributed by atoms with Crippen LogP contribution in [0.25, 0.3) is 17.2 Å². The van der Waals surface area contributed by atoms with Crippen LogP contribution in [0.3, 0.4) is 0 Å². The average Bonchev–Trinajstić information content (AvgIpc) is 3.53. The van der Waals surface area contributed by atoms with E-state index in [0.29, 0.717) is 0 Å². The number of benzene rings is 1. The van der Waals surface area contributed by atoms with Crippen LogP contribution in [-0.4, -0.2) is 31.2 Å². The first-order chi connectivity index (χ1) is 15.6. The van der Waals surface area contributed by atoms with Gasteiger partial charge in [0.05, 0.1) is 11.7 Å². The van der Waals surface area contributed by atoms with Crippen molar-refractivity contribution in [2.75, 3.05) is 6.54 Å². The second-order valence-electron chi connectivity index (χ2n) is 9.11. The molecular weight excluding hydrogens is 405 g/mol. The van der Waals surface area contributed by atoms with Gasteiger partial charge < -0.3 is 10.2 Å². The number of nitrogens with zero attached hydrogens (tertiary/aromatic N) is 3. The molecule has 1 aliphatic carbocycles. The molecule has 164 valence electrons. The molecule has 0 radical (unpaired) electrons. The van der Waals surface area contributed by atoms with Gasteiger partial charge in [0.2, 0.25) is 0 Å². The number of halogens is 1. The Bertz CT molecular complexity index is 1200. The summed E-state index contributed by atoms with van der Waals surface area (Å²) in [5, 5.41) is 22.0. The predicted molar refractivity (Wildman–Crippen MR) is 121 cm³/mol. The highest BCUT2D eigenvalue weighted by Crippen LogP contribution is 2.58. The van der Waals surface area contributed by atoms with Gasteiger partial charge in [0.25, 0.3) is 0 Å². The van der Waals surface area contributed by atoms with Crippen LogP contribution in [0.15, 0.2) is 48.7 Å². The maximum Gasteiger partial charge on any atom is 0.199 e. The van der Waals surface area contributed by atoms with Crippen LogP contribution in [0.5, 0.6) is 11.8 Å². The minimum Gasteiger partial charge on any atom is -0.494 e. The van der Waals surface area contributed by atoms with Crippen LogP contribution >= 0.6 is 0 Å². The van der Waals surface area contributed by atoms with Gasteiger partial charge in [0.15, 0.2) is 11.8 Å². The van der Waals surface area contributed by atoms with E-state index in [1.165, 1.54) is 12.1 Å². The monoisotopic (exact) mass is 431 g/mol. The minimum absolute atomic E-state index is 0.0779. The molecule has 0 bridgehead atoms. The lowest BCUT2D eigenvalue weighted by Gasteiger charge is -2.34. The second-order valence-corrected chi connectivity index (χ2v) is 9.11. The Balaban J connectivity index is 1.32. The lowest BCUT2D eigenvalue weighted by molar-refractivity contribution is 0.137. The predicted octanol–water partition coefficient (Wildman–Crippen LogP) is 5.73. The molecule has 2 atom stereocenters. The van der Waals surface area contributed by atoms with Crippen LogP contribution in [0.4, 0.5) is 4.39 Å². The minimum atomic E-state index is -0.263. The third-order valence-corrected chi connectivity index (χ3v) is 7.06. The number of hydrogen-bond acceptors (Lipinski definition) is 4. The quantitative estimate of drug-likeness (QED) is 0.554. The molecule has 2 aliphatic heterocycles. The maximum atomic E-state index is 13.5. The Kier molecular flexibility index (Phi) is 4.57. The first-order valence-electron chi connectivity index (χ1n) is 11.4. The van der Waals surface area contributed by atoms with E-state index in [0.717, 1.165) is 66.6 Å². The number of hydrogen-bond donors (Lipinski definition) is 2. The van der Waals surface area contributed by atoms with Gasteiger partial charge in [-0.15, -0.1) is 0 Å². The molecule has 5 nitrogen and oxygen atoms in total. The van der Waals surface area contributed by atoms with E-state index < -0.39 is 0 Å². The van der Waals surface area contributed by atoms with Gasteiger partial charge in [0.1, 0.15) is 5.82 Å². The zero-order valence-corrected chi connectivity index (χ0v) is 17.8. The van der Waals surface area contributed by atoms with Crippen molar-refractivity contribution in [2.45, 2.75) is 50.2 Å². The van der Waals surface area contributed by atoms with Crippen molar-refractivity contribution in [2.24, 2.45) is 0 Å². The molecule has 4 heterocycles. The van der Waals surface area contributed by atoms with E-state index >= 15 is 0 Å². The third kappa shape index (κ3) is 3.13. The Labute approximate surface area is 186 Å². The topological polar surface area (TPSA) is 61.5 Å². The zero-order chi connectivity index (χ0) is 21.8. The first-order valence-corrected chi connectivity index (χ1v) is 11.4. The van der Waals surface area contributed by atoms with Crippen LogP contribution in [0.2, 0.25) is 0 Å². The summed E-state index contributed by atoms with van der Waals surface area (Å²) in [7, 11) is 0. The van der Waals surface area contributed by atoms with E-state index in [9.17, 15) is 14.6 Å². The molecule has 32 heavy (non-hydrogen) atoms. The molecule has 2 N–H and O–H groups in total. The Morgan fingerprint density at radius 2 is 1.81 bits per heavy atom. The lowest BCUT2D eigenvalue weighted by Crippen LogP contribution is -2.30. The van der Waals surface area contributed by atoms with Crippen molar-refractivity contribution in [3.63, 3.8) is 0 Å². The molecule has 3 aromatic rings. The number of piperidine rings is 1. The van der Waals surface area contributed by atoms with E-state index in [1.807, 2.05) is 24.3 Å². The largest absolute Gasteiger partial charge is 0.494 e. The fraction of sp³-hybridized carbons (Fsp3) is 0.346. The maximum absolute atomic E-state index is 13.5. The highest BCUT2D eigenvalue weighted by molar-refractivity contribution is 5.64. The number of aromatic nitrogens is 2. The molecule has 2 aromatic heterocycles. The second kappa shape index (κ2) is 7.48. The SMILES string of the molecule is Oc1c2c(c(O)n1C1CC1)C1CCCCN1C2/C=C/c1ccc(-c2cccc(F)c2)cn1. The molecule has 2 unspecified atom stereocenters. The van der Waals surface area contributed by atoms with Crippen LogP contribution < -0.4 is 0 Å². The van der Waals surface area contributed by atoms with Crippen LogP contribution in [0, 0.1) is 5.82 Å². The molecule has 1 saturated carbocycles. The summed E-state index contributed by atoms with van der Waals surface area (Å²) in [5.74, 6) is 0.213. The molecule has 0 spiro atoms. The average molecular weight is 432 g/mol. The van der Waals surface area contributed by atoms with Crippen molar-refractivity contribution in [3.05, 3.63) is 71.3 Å². The van der Waals surface area contributed by atoms with E-state index in [2.05, 4.69) is 16.0 Å². The number of pyridine rings is 1. The lowest BCUT2D eigenvalue weighted by atomic mass is 9.99. The third-order valence-electron chi connectivity index (χ3n) is 7.06. The summed E-state index contributed by atoms with van der Waals surface area (Å²) in [5.41, 5.74) is 4.24. The van der Waals surface area contributed by atoms with Gasteiger partial charge >= 0.3 is 0 Å². The summed E-state index contributed by atoms with van der Waals surface area (Å²) in [6.45, 7) is 0.947. The van der Waals surface area contributed by atoms with E-state index in [1.54, 1.807) is 16.8 Å². The summed E-state index contributed by atoms with van der Waals surface area (Å²) < 4.78 is 15.3. The van der Waals surface area contributed by atoms with Gasteiger partial charge in [-0.25, -0.2) is 4.39 Å². The fourth-order valence-corrected chi connectivity index (χ4v) is 5.40. The summed E-state index contributed by atoms with van der Waals surface area (Å²) in [6, 6.07) is 10.7. The summed E-state index contributed by atoms with van der Waals surface area (Å²) in [4.78, 5) is 6.94. The number of fused-ring (bicyclic) bond motifs is 3. The van der Waals surface area contributed by atoms with Crippen molar-refractivity contribution >= 4 is 6.08 Å². The van der Waals surface area contributed by atoms with Crippen molar-refractivity contribution in [1.82, 2.24) is 14.5 Å². The zero-order valence-electron chi connectivity index (χ0n) is 17.8. The molecule has 6 rings (SSSR count). The van der Waals surface area contributed by atoms with E-state index in [-0.39, 0.29) is 35.7 Å². The number of rotatable bonds is 4. The van der Waals surface area contributed by atoms with Crippen molar-refractivity contribution < 1.29 is 14.6 Å². The molecule has 1 saturated heterocycles. The first kappa shape index (κ1) is 19.6. The van der Waals surface area contributed by atoms with E-state index in [4.69, 9.17) is 0 Å². The molecule has 0 amide bonds. The standard InChI is InChI=1S/C26H26FN3O2/c27-18-5-3-4-16(14-18)17-7-8-19(28-15-17)9-12-22-24-23(21-6-1-2-13-29(21)22)25(31)30(26(24)32)20-10-11-20/h3-5,7-9,12,14-15,20-22,31-32H,1-2,6,10-11,13H2/b12-9+. The van der Waals surface area contributed by atoms with Crippen LogP contribution in [-0.2, 0) is 0 Å². The summed E-state index contributed by atoms with van der Waals surface area (Å²) >= 11 is 0. The normalized spacial score (nSPS) is 22.9. The van der Waals surface area contributed by atoms with Crippen molar-refractivity contribution in [3.8, 4) is 22.9 Å². The number of aromatic hydroxyl groups is 2. The summed E-state index contributed by atoms with van der Waals surface area (Å²) in [6.07, 6.45) is 11.1. The molecule has 2 fully saturated rings. The van der Waals surface area contributed by atoms with Gasteiger partial charge in [-0.3, -0.25) is 14.5 Å². The Morgan fingerprint density at radius 3 is 2.56 bits per heavy atom. The molecule has 1 aromatic carbocycles. The van der Waals surface area contributed by atoms with Gasteiger partial charge in [-0.05, 0) is 62.1 Å².